The molecule has 0 unspecified atom stereocenters. The Kier molecular flexibility index (Phi) is 4.13. The molecule has 0 atom stereocenters. The third kappa shape index (κ3) is 3.51. The molecule has 0 aliphatic heterocycles. The van der Waals surface area contributed by atoms with Crippen molar-refractivity contribution in [3.63, 3.8) is 0 Å². The summed E-state index contributed by atoms with van der Waals surface area (Å²) < 4.78 is 14.8. The highest BCUT2D eigenvalue weighted by molar-refractivity contribution is 9.11. The molecule has 0 aliphatic carbocycles. The van der Waals surface area contributed by atoms with Crippen LogP contribution >= 0.6 is 31.9 Å². The highest BCUT2D eigenvalue weighted by atomic mass is 79.9. The van der Waals surface area contributed by atoms with E-state index in [1.54, 1.807) is 12.1 Å². The molecule has 0 saturated carbocycles. The maximum Gasteiger partial charge on any atom is 0.123 e. The Bertz CT molecular complexity index is 545. The average Bonchev–Trinajstić information content (AvgIpc) is 2.32. The van der Waals surface area contributed by atoms with Crippen LogP contribution in [0.1, 0.15) is 11.1 Å². The quantitative estimate of drug-likeness (QED) is 0.622. The maximum atomic E-state index is 12.7. The van der Waals surface area contributed by atoms with Gasteiger partial charge in [-0.15, -0.1) is 0 Å². The first-order chi connectivity index (χ1) is 8.15. The van der Waals surface area contributed by atoms with Crippen LogP contribution in [0, 0.1) is 5.82 Å². The van der Waals surface area contributed by atoms with E-state index in [0.29, 0.717) is 0 Å². The number of hydrogen-bond acceptors (Lipinski definition) is 0. The second-order valence-electron chi connectivity index (χ2n) is 3.55. The van der Waals surface area contributed by atoms with Crippen LogP contribution in [-0.4, -0.2) is 0 Å². The molecule has 2 aromatic rings. The lowest BCUT2D eigenvalue weighted by molar-refractivity contribution is 0.628. The molecule has 2 rings (SSSR count). The lowest BCUT2D eigenvalue weighted by atomic mass is 10.1. The number of rotatable bonds is 2. The van der Waals surface area contributed by atoms with Crippen LogP contribution in [0.4, 0.5) is 4.39 Å². The SMILES string of the molecule is Fc1ccc(C=Cc2cc(Br)ccc2Br)cc1. The first kappa shape index (κ1) is 12.5. The Balaban J connectivity index is 2.25. The molecule has 0 fully saturated rings. The minimum absolute atomic E-state index is 0.217. The van der Waals surface area contributed by atoms with E-state index in [0.717, 1.165) is 20.1 Å². The molecular formula is C14H9Br2F. The molecule has 0 bridgehead atoms. The lowest BCUT2D eigenvalue weighted by Crippen LogP contribution is -1.77. The predicted molar refractivity (Wildman–Crippen MR) is 77.2 cm³/mol. The Labute approximate surface area is 116 Å². The van der Waals surface area contributed by atoms with Crippen LogP contribution in [0.5, 0.6) is 0 Å². The largest absolute Gasteiger partial charge is 0.207 e. The molecular weight excluding hydrogens is 347 g/mol. The van der Waals surface area contributed by atoms with Crippen molar-refractivity contribution in [2.75, 3.05) is 0 Å². The third-order valence-corrected chi connectivity index (χ3v) is 3.50. The molecule has 0 spiro atoms. The molecule has 0 amide bonds. The van der Waals surface area contributed by atoms with Crippen LogP contribution in [0.3, 0.4) is 0 Å². The summed E-state index contributed by atoms with van der Waals surface area (Å²) >= 11 is 6.91. The van der Waals surface area contributed by atoms with Crippen LogP contribution < -0.4 is 0 Å². The molecule has 0 heterocycles. The first-order valence-electron chi connectivity index (χ1n) is 5.04. The minimum atomic E-state index is -0.217. The summed E-state index contributed by atoms with van der Waals surface area (Å²) in [5.74, 6) is -0.217. The topological polar surface area (TPSA) is 0 Å². The van der Waals surface area contributed by atoms with Gasteiger partial charge < -0.3 is 0 Å². The molecule has 0 radical (unpaired) electrons. The normalized spacial score (nSPS) is 11.0. The van der Waals surface area contributed by atoms with Crippen molar-refractivity contribution < 1.29 is 4.39 Å². The van der Waals surface area contributed by atoms with Crippen molar-refractivity contribution >= 4 is 44.0 Å². The Morgan fingerprint density at radius 2 is 1.59 bits per heavy atom. The summed E-state index contributed by atoms with van der Waals surface area (Å²) in [4.78, 5) is 0. The van der Waals surface area contributed by atoms with Crippen molar-refractivity contribution in [1.82, 2.24) is 0 Å². The van der Waals surface area contributed by atoms with E-state index in [2.05, 4.69) is 31.9 Å². The van der Waals surface area contributed by atoms with E-state index in [-0.39, 0.29) is 5.82 Å². The van der Waals surface area contributed by atoms with Crippen molar-refractivity contribution in [2.24, 2.45) is 0 Å². The summed E-state index contributed by atoms with van der Waals surface area (Å²) in [7, 11) is 0. The van der Waals surface area contributed by atoms with Gasteiger partial charge in [-0.05, 0) is 41.5 Å². The lowest BCUT2D eigenvalue weighted by Gasteiger charge is -1.99. The molecule has 0 N–H and O–H groups in total. The molecule has 0 nitrogen and oxygen atoms in total. The summed E-state index contributed by atoms with van der Waals surface area (Å²) in [6.07, 6.45) is 3.94. The molecule has 17 heavy (non-hydrogen) atoms. The number of benzene rings is 2. The van der Waals surface area contributed by atoms with Crippen molar-refractivity contribution in [3.8, 4) is 0 Å². The van der Waals surface area contributed by atoms with Gasteiger partial charge in [0.05, 0.1) is 0 Å². The van der Waals surface area contributed by atoms with Gasteiger partial charge >= 0.3 is 0 Å². The van der Waals surface area contributed by atoms with Crippen LogP contribution in [0.15, 0.2) is 51.4 Å². The third-order valence-electron chi connectivity index (χ3n) is 2.28. The van der Waals surface area contributed by atoms with Crippen LogP contribution in [-0.2, 0) is 0 Å². The van der Waals surface area contributed by atoms with Gasteiger partial charge in [0.2, 0.25) is 0 Å². The van der Waals surface area contributed by atoms with Crippen molar-refractivity contribution in [3.05, 3.63) is 68.4 Å². The van der Waals surface area contributed by atoms with E-state index in [1.165, 1.54) is 12.1 Å². The van der Waals surface area contributed by atoms with Crippen LogP contribution in [0.25, 0.3) is 12.2 Å². The van der Waals surface area contributed by atoms with Gasteiger partial charge in [0.15, 0.2) is 0 Å². The Morgan fingerprint density at radius 1 is 0.882 bits per heavy atom. The fourth-order valence-corrected chi connectivity index (χ4v) is 2.16. The number of halogens is 3. The van der Waals surface area contributed by atoms with Crippen LogP contribution in [0.2, 0.25) is 0 Å². The van der Waals surface area contributed by atoms with E-state index < -0.39 is 0 Å². The maximum absolute atomic E-state index is 12.7. The predicted octanol–water partition coefficient (Wildman–Crippen LogP) is 5.52. The van der Waals surface area contributed by atoms with Gasteiger partial charge in [0, 0.05) is 8.95 Å². The molecule has 0 saturated heterocycles. The van der Waals surface area contributed by atoms with Gasteiger partial charge in [-0.1, -0.05) is 56.1 Å². The summed E-state index contributed by atoms with van der Waals surface area (Å²) in [5.41, 5.74) is 2.04. The van der Waals surface area contributed by atoms with Gasteiger partial charge in [-0.25, -0.2) is 4.39 Å². The number of hydrogen-bond donors (Lipinski definition) is 0. The van der Waals surface area contributed by atoms with E-state index in [1.807, 2.05) is 30.4 Å². The Hall–Kier alpha value is -0.930. The molecule has 0 aromatic heterocycles. The minimum Gasteiger partial charge on any atom is -0.207 e. The molecule has 0 aliphatic rings. The monoisotopic (exact) mass is 354 g/mol. The second-order valence-corrected chi connectivity index (χ2v) is 5.32. The van der Waals surface area contributed by atoms with E-state index >= 15 is 0 Å². The van der Waals surface area contributed by atoms with Gasteiger partial charge in [0.25, 0.3) is 0 Å². The zero-order valence-electron chi connectivity index (χ0n) is 8.83. The highest BCUT2D eigenvalue weighted by Crippen LogP contribution is 2.23. The average molecular weight is 356 g/mol. The standard InChI is InChI=1S/C14H9Br2F/c15-12-5-8-14(16)11(9-12)4-1-10-2-6-13(17)7-3-10/h1-9H. The van der Waals surface area contributed by atoms with Gasteiger partial charge in [0.1, 0.15) is 5.82 Å². The van der Waals surface area contributed by atoms with Crippen molar-refractivity contribution in [2.45, 2.75) is 0 Å². The highest BCUT2D eigenvalue weighted by Gasteiger charge is 1.96. The fraction of sp³-hybridized carbons (Fsp3) is 0. The summed E-state index contributed by atoms with van der Waals surface area (Å²) in [6, 6.07) is 12.4. The smallest absolute Gasteiger partial charge is 0.123 e. The molecule has 86 valence electrons. The first-order valence-corrected chi connectivity index (χ1v) is 6.62. The van der Waals surface area contributed by atoms with E-state index in [9.17, 15) is 4.39 Å². The Morgan fingerprint density at radius 3 is 2.29 bits per heavy atom. The van der Waals surface area contributed by atoms with Gasteiger partial charge in [-0.2, -0.15) is 0 Å². The molecule has 3 heteroatoms. The second kappa shape index (κ2) is 5.61. The summed E-state index contributed by atoms with van der Waals surface area (Å²) in [6.45, 7) is 0. The van der Waals surface area contributed by atoms with E-state index in [4.69, 9.17) is 0 Å². The zero-order chi connectivity index (χ0) is 12.3. The summed E-state index contributed by atoms with van der Waals surface area (Å²) in [5, 5.41) is 0. The van der Waals surface area contributed by atoms with Crippen molar-refractivity contribution in [1.29, 1.82) is 0 Å². The van der Waals surface area contributed by atoms with Gasteiger partial charge in [-0.3, -0.25) is 0 Å². The molecule has 2 aromatic carbocycles. The zero-order valence-corrected chi connectivity index (χ0v) is 12.0. The fourth-order valence-electron chi connectivity index (χ4n) is 1.40.